The molecule has 0 bridgehead atoms. The summed E-state index contributed by atoms with van der Waals surface area (Å²) in [5, 5.41) is 11.0. The Balaban J connectivity index is 1.41. The summed E-state index contributed by atoms with van der Waals surface area (Å²) >= 11 is 1.17. The fourth-order valence-electron chi connectivity index (χ4n) is 2.63. The first-order chi connectivity index (χ1) is 12.0. The molecule has 1 aromatic heterocycles. The van der Waals surface area contributed by atoms with Gasteiger partial charge in [-0.2, -0.15) is 0 Å². The first-order valence-corrected chi connectivity index (χ1v) is 10.8. The van der Waals surface area contributed by atoms with Gasteiger partial charge in [0.2, 0.25) is 11.8 Å². The quantitative estimate of drug-likeness (QED) is 0.724. The maximum atomic E-state index is 11.9. The highest BCUT2D eigenvalue weighted by Gasteiger charge is 2.29. The Kier molecular flexibility index (Phi) is 5.74. The van der Waals surface area contributed by atoms with E-state index in [-0.39, 0.29) is 29.1 Å². The topological polar surface area (TPSA) is 102 Å². The standard InChI is InChI=1S/C16H19N3O4S2/c20-14(17-9-12-4-2-1-3-5-12)10-24-16-19-18-15(23-16)8-13-6-7-25(21,22)11-13/h1-5,13H,6-11H2,(H,17,20)/t13-/m0/s1. The third-order valence-corrected chi connectivity index (χ3v) is 6.55. The number of carbonyl (C=O) groups is 1. The van der Waals surface area contributed by atoms with Crippen molar-refractivity contribution in [3.8, 4) is 0 Å². The van der Waals surface area contributed by atoms with E-state index >= 15 is 0 Å². The van der Waals surface area contributed by atoms with Gasteiger partial charge in [-0.3, -0.25) is 4.79 Å². The van der Waals surface area contributed by atoms with Gasteiger partial charge in [0.1, 0.15) is 0 Å². The minimum atomic E-state index is -2.91. The summed E-state index contributed by atoms with van der Waals surface area (Å²) in [5.41, 5.74) is 1.03. The van der Waals surface area contributed by atoms with Crippen LogP contribution in [-0.2, 0) is 27.6 Å². The number of thioether (sulfide) groups is 1. The number of nitrogens with one attached hydrogen (secondary N) is 1. The van der Waals surface area contributed by atoms with Gasteiger partial charge < -0.3 is 9.73 Å². The molecule has 9 heteroatoms. The average molecular weight is 381 g/mol. The lowest BCUT2D eigenvalue weighted by atomic mass is 10.1. The van der Waals surface area contributed by atoms with Crippen molar-refractivity contribution in [1.82, 2.24) is 15.5 Å². The molecule has 134 valence electrons. The van der Waals surface area contributed by atoms with E-state index in [1.807, 2.05) is 30.3 Å². The fourth-order valence-corrected chi connectivity index (χ4v) is 5.11. The zero-order valence-electron chi connectivity index (χ0n) is 13.6. The number of nitrogens with zero attached hydrogens (tertiary/aromatic N) is 2. The van der Waals surface area contributed by atoms with Crippen molar-refractivity contribution in [3.05, 3.63) is 41.8 Å². The Morgan fingerprint density at radius 1 is 1.28 bits per heavy atom. The molecule has 2 aromatic rings. The molecule has 0 aliphatic carbocycles. The largest absolute Gasteiger partial charge is 0.416 e. The lowest BCUT2D eigenvalue weighted by Gasteiger charge is -2.04. The van der Waals surface area contributed by atoms with Crippen molar-refractivity contribution in [1.29, 1.82) is 0 Å². The first-order valence-electron chi connectivity index (χ1n) is 7.96. The summed E-state index contributed by atoms with van der Waals surface area (Å²) in [6, 6.07) is 9.66. The van der Waals surface area contributed by atoms with Gasteiger partial charge in [0, 0.05) is 13.0 Å². The number of amides is 1. The predicted octanol–water partition coefficient (Wildman–Crippen LogP) is 1.46. The molecule has 1 fully saturated rings. The molecule has 1 aromatic carbocycles. The highest BCUT2D eigenvalue weighted by atomic mass is 32.2. The molecule has 1 saturated heterocycles. The molecule has 0 unspecified atom stereocenters. The molecular formula is C16H19N3O4S2. The number of aromatic nitrogens is 2. The SMILES string of the molecule is O=C(CSc1nnc(C[C@@H]2CCS(=O)(=O)C2)o1)NCc1ccccc1. The lowest BCUT2D eigenvalue weighted by Crippen LogP contribution is -2.24. The number of hydrogen-bond acceptors (Lipinski definition) is 7. The van der Waals surface area contributed by atoms with E-state index in [4.69, 9.17) is 4.42 Å². The zero-order valence-corrected chi connectivity index (χ0v) is 15.2. The van der Waals surface area contributed by atoms with Crippen LogP contribution >= 0.6 is 11.8 Å². The molecule has 1 amide bonds. The van der Waals surface area contributed by atoms with Crippen molar-refractivity contribution in [2.24, 2.45) is 5.92 Å². The van der Waals surface area contributed by atoms with Gasteiger partial charge in [0.25, 0.3) is 5.22 Å². The molecule has 3 rings (SSSR count). The van der Waals surface area contributed by atoms with E-state index in [1.165, 1.54) is 11.8 Å². The summed E-state index contributed by atoms with van der Waals surface area (Å²) in [7, 11) is -2.91. The van der Waals surface area contributed by atoms with Crippen LogP contribution in [0.25, 0.3) is 0 Å². The van der Waals surface area contributed by atoms with Gasteiger partial charge in [-0.05, 0) is 17.9 Å². The van der Waals surface area contributed by atoms with E-state index in [0.29, 0.717) is 30.5 Å². The van der Waals surface area contributed by atoms with Crippen LogP contribution in [-0.4, -0.2) is 41.8 Å². The van der Waals surface area contributed by atoms with Crippen LogP contribution in [0, 0.1) is 5.92 Å². The Bertz CT molecular complexity index is 821. The van der Waals surface area contributed by atoms with Crippen LogP contribution in [0.2, 0.25) is 0 Å². The van der Waals surface area contributed by atoms with Crippen molar-refractivity contribution in [3.63, 3.8) is 0 Å². The van der Waals surface area contributed by atoms with Crippen LogP contribution < -0.4 is 5.32 Å². The summed E-state index contributed by atoms with van der Waals surface area (Å²) < 4.78 is 28.4. The summed E-state index contributed by atoms with van der Waals surface area (Å²) in [5.74, 6) is 0.948. The number of benzene rings is 1. The van der Waals surface area contributed by atoms with Crippen molar-refractivity contribution in [2.45, 2.75) is 24.6 Å². The second kappa shape index (κ2) is 8.01. The molecule has 1 aliphatic rings. The molecule has 2 heterocycles. The fraction of sp³-hybridized carbons (Fsp3) is 0.438. The summed E-state index contributed by atoms with van der Waals surface area (Å²) in [6.45, 7) is 0.478. The van der Waals surface area contributed by atoms with Crippen LogP contribution in [0.5, 0.6) is 0 Å². The number of carbonyl (C=O) groups excluding carboxylic acids is 1. The highest BCUT2D eigenvalue weighted by Crippen LogP contribution is 2.23. The molecule has 1 aliphatic heterocycles. The molecular weight excluding hydrogens is 362 g/mol. The average Bonchev–Trinajstić information content (AvgIpc) is 3.18. The summed E-state index contributed by atoms with van der Waals surface area (Å²) in [6.07, 6.45) is 1.10. The molecule has 7 nitrogen and oxygen atoms in total. The van der Waals surface area contributed by atoms with Gasteiger partial charge in [-0.1, -0.05) is 42.1 Å². The normalized spacial score (nSPS) is 19.0. The predicted molar refractivity (Wildman–Crippen MR) is 93.8 cm³/mol. The van der Waals surface area contributed by atoms with Gasteiger partial charge in [-0.15, -0.1) is 10.2 Å². The van der Waals surface area contributed by atoms with Gasteiger partial charge in [0.05, 0.1) is 17.3 Å². The minimum absolute atomic E-state index is 0.0393. The Morgan fingerprint density at radius 2 is 2.08 bits per heavy atom. The van der Waals surface area contributed by atoms with Crippen LogP contribution in [0.3, 0.4) is 0 Å². The minimum Gasteiger partial charge on any atom is -0.416 e. The Morgan fingerprint density at radius 3 is 2.80 bits per heavy atom. The van der Waals surface area contributed by atoms with Crippen molar-refractivity contribution in [2.75, 3.05) is 17.3 Å². The second-order valence-corrected chi connectivity index (χ2v) is 9.14. The van der Waals surface area contributed by atoms with Crippen molar-refractivity contribution >= 4 is 27.5 Å². The maximum Gasteiger partial charge on any atom is 0.277 e. The van der Waals surface area contributed by atoms with Gasteiger partial charge in [-0.25, -0.2) is 8.42 Å². The third kappa shape index (κ3) is 5.57. The maximum absolute atomic E-state index is 11.9. The van der Waals surface area contributed by atoms with Gasteiger partial charge >= 0.3 is 0 Å². The molecule has 25 heavy (non-hydrogen) atoms. The summed E-state index contributed by atoms with van der Waals surface area (Å²) in [4.78, 5) is 11.9. The number of sulfone groups is 1. The smallest absolute Gasteiger partial charge is 0.277 e. The van der Waals surface area contributed by atoms with E-state index in [2.05, 4.69) is 15.5 Å². The lowest BCUT2D eigenvalue weighted by molar-refractivity contribution is -0.118. The van der Waals surface area contributed by atoms with E-state index in [9.17, 15) is 13.2 Å². The van der Waals surface area contributed by atoms with Crippen molar-refractivity contribution < 1.29 is 17.6 Å². The first kappa shape index (κ1) is 17.9. The molecule has 0 saturated carbocycles. The second-order valence-electron chi connectivity index (χ2n) is 5.99. The van der Waals surface area contributed by atoms with Crippen LogP contribution in [0.1, 0.15) is 17.9 Å². The third-order valence-electron chi connectivity index (χ3n) is 3.90. The molecule has 0 spiro atoms. The van der Waals surface area contributed by atoms with E-state index in [1.54, 1.807) is 0 Å². The molecule has 0 radical (unpaired) electrons. The van der Waals surface area contributed by atoms with Gasteiger partial charge in [0.15, 0.2) is 9.84 Å². The number of hydrogen-bond donors (Lipinski definition) is 1. The highest BCUT2D eigenvalue weighted by molar-refractivity contribution is 7.99. The monoisotopic (exact) mass is 381 g/mol. The molecule has 1 atom stereocenters. The van der Waals surface area contributed by atoms with E-state index in [0.717, 1.165) is 5.56 Å². The molecule has 1 N–H and O–H groups in total. The van der Waals surface area contributed by atoms with Crippen LogP contribution in [0.15, 0.2) is 40.0 Å². The van der Waals surface area contributed by atoms with E-state index < -0.39 is 9.84 Å². The van der Waals surface area contributed by atoms with Crippen LogP contribution in [0.4, 0.5) is 0 Å². The number of rotatable bonds is 7. The Labute approximate surface area is 150 Å². The zero-order chi connectivity index (χ0) is 17.7. The Hall–Kier alpha value is -1.87.